The van der Waals surface area contributed by atoms with E-state index in [2.05, 4.69) is 26.2 Å². The molecule has 1 heterocycles. The zero-order valence-electron chi connectivity index (χ0n) is 24.9. The molecular formula is C32H28Cl2F5N3O4. The van der Waals surface area contributed by atoms with Gasteiger partial charge in [-0.3, -0.25) is 4.79 Å². The number of methoxy groups -OCH3 is 1. The fourth-order valence-electron chi connectivity index (χ4n) is 5.85. The molecule has 46 heavy (non-hydrogen) atoms. The highest BCUT2D eigenvalue weighted by molar-refractivity contribution is 6.31. The van der Waals surface area contributed by atoms with Crippen molar-refractivity contribution in [2.75, 3.05) is 12.4 Å². The molecule has 0 bridgehead atoms. The largest absolute Gasteiger partial charge is 0.573 e. The summed E-state index contributed by atoms with van der Waals surface area (Å²) < 4.78 is 80.3. The summed E-state index contributed by atoms with van der Waals surface area (Å²) in [4.78, 5) is 26.1. The van der Waals surface area contributed by atoms with E-state index >= 15 is 8.78 Å². The second-order valence-electron chi connectivity index (χ2n) is 11.9. The molecule has 0 radical (unpaired) electrons. The van der Waals surface area contributed by atoms with Gasteiger partial charge in [-0.25, -0.2) is 13.6 Å². The minimum atomic E-state index is -5.22. The quantitative estimate of drug-likeness (QED) is 0.194. The summed E-state index contributed by atoms with van der Waals surface area (Å²) in [6, 6.07) is 10.1. The Bertz CT molecular complexity index is 1710. The Labute approximate surface area is 271 Å². The number of benzene rings is 3. The first-order valence-electron chi connectivity index (χ1n) is 13.8. The van der Waals surface area contributed by atoms with E-state index in [9.17, 15) is 28.0 Å². The van der Waals surface area contributed by atoms with Gasteiger partial charge in [-0.15, -0.1) is 13.2 Å². The summed E-state index contributed by atoms with van der Waals surface area (Å²) in [6.07, 6.45) is -5.05. The average molecular weight is 684 g/mol. The highest BCUT2D eigenvalue weighted by Gasteiger charge is 2.61. The highest BCUT2D eigenvalue weighted by atomic mass is 35.5. The Morgan fingerprint density at radius 1 is 1.07 bits per heavy atom. The number of nitriles is 1. The number of carbonyl (C=O) groups is 2. The van der Waals surface area contributed by atoms with Crippen molar-refractivity contribution in [3.8, 4) is 11.8 Å². The summed E-state index contributed by atoms with van der Waals surface area (Å²) in [7, 11) is 1.03. The molecule has 0 spiro atoms. The summed E-state index contributed by atoms with van der Waals surface area (Å²) >= 11 is 12.2. The molecule has 1 aliphatic heterocycles. The number of nitrogens with zero attached hydrogens (tertiary/aromatic N) is 1. The molecular weight excluding hydrogens is 656 g/mol. The van der Waals surface area contributed by atoms with Crippen LogP contribution in [0, 0.1) is 28.4 Å². The molecule has 1 fully saturated rings. The van der Waals surface area contributed by atoms with Crippen LogP contribution in [0.1, 0.15) is 54.6 Å². The number of nitrogens with one attached hydrogen (secondary N) is 2. The zero-order valence-corrected chi connectivity index (χ0v) is 26.4. The van der Waals surface area contributed by atoms with Gasteiger partial charge in [0.2, 0.25) is 5.91 Å². The minimum absolute atomic E-state index is 0.0278. The van der Waals surface area contributed by atoms with Crippen LogP contribution in [0.15, 0.2) is 54.6 Å². The number of rotatable bonds is 7. The molecule has 0 saturated carbocycles. The Morgan fingerprint density at radius 2 is 1.76 bits per heavy atom. The molecule has 14 heteroatoms. The SMILES string of the molecule is COC(=O)c1ccc(NC(=O)[C@@H]2N[C@@H](CC(C)(C)C)[C@](C#N)(c3ccc(Cl)cc3F)[C@H]2c2cccc(Cl)c2F)c(OC(F)(F)F)c1. The third kappa shape index (κ3) is 7.07. The van der Waals surface area contributed by atoms with E-state index in [0.717, 1.165) is 31.4 Å². The Balaban J connectivity index is 1.94. The van der Waals surface area contributed by atoms with Crippen LogP contribution < -0.4 is 15.4 Å². The summed E-state index contributed by atoms with van der Waals surface area (Å²) in [5.74, 6) is -6.24. The minimum Gasteiger partial charge on any atom is -0.465 e. The van der Waals surface area contributed by atoms with E-state index < -0.39 is 70.1 Å². The monoisotopic (exact) mass is 683 g/mol. The Morgan fingerprint density at radius 3 is 2.35 bits per heavy atom. The molecule has 7 nitrogen and oxygen atoms in total. The van der Waals surface area contributed by atoms with Crippen molar-refractivity contribution < 1.29 is 41.0 Å². The molecule has 0 unspecified atom stereocenters. The third-order valence-electron chi connectivity index (χ3n) is 7.62. The smallest absolute Gasteiger partial charge is 0.465 e. The molecule has 4 rings (SSSR count). The van der Waals surface area contributed by atoms with Crippen molar-refractivity contribution >= 4 is 40.8 Å². The maximum atomic E-state index is 15.8. The van der Waals surface area contributed by atoms with Gasteiger partial charge in [0.1, 0.15) is 17.0 Å². The van der Waals surface area contributed by atoms with Crippen molar-refractivity contribution in [2.45, 2.75) is 57.0 Å². The van der Waals surface area contributed by atoms with Crippen LogP contribution in [0.4, 0.5) is 27.6 Å². The van der Waals surface area contributed by atoms with E-state index in [1.807, 2.05) is 20.8 Å². The van der Waals surface area contributed by atoms with Gasteiger partial charge in [0.05, 0.1) is 35.5 Å². The van der Waals surface area contributed by atoms with Crippen molar-refractivity contribution in [3.05, 3.63) is 93.0 Å². The number of carbonyl (C=O) groups excluding carboxylic acids is 2. The highest BCUT2D eigenvalue weighted by Crippen LogP contribution is 2.53. The molecule has 3 aromatic carbocycles. The van der Waals surface area contributed by atoms with Crippen LogP contribution in [-0.2, 0) is 14.9 Å². The Hall–Kier alpha value is -3.92. The molecule has 3 aromatic rings. The van der Waals surface area contributed by atoms with Crippen molar-refractivity contribution in [3.63, 3.8) is 0 Å². The fraction of sp³-hybridized carbons (Fsp3) is 0.344. The number of halogens is 7. The van der Waals surface area contributed by atoms with Gasteiger partial charge >= 0.3 is 12.3 Å². The second-order valence-corrected chi connectivity index (χ2v) is 12.8. The lowest BCUT2D eigenvalue weighted by atomic mass is 9.62. The number of hydrogen-bond acceptors (Lipinski definition) is 6. The number of amides is 1. The number of esters is 1. The first kappa shape index (κ1) is 34.9. The lowest BCUT2D eigenvalue weighted by Crippen LogP contribution is -2.45. The van der Waals surface area contributed by atoms with Gasteiger partial charge < -0.3 is 20.1 Å². The summed E-state index contributed by atoms with van der Waals surface area (Å²) in [5.41, 5.74) is -3.67. The molecule has 1 aliphatic rings. The summed E-state index contributed by atoms with van der Waals surface area (Å²) in [6.45, 7) is 5.54. The molecule has 2 N–H and O–H groups in total. The van der Waals surface area contributed by atoms with Crippen molar-refractivity contribution in [1.29, 1.82) is 5.26 Å². The fourth-order valence-corrected chi connectivity index (χ4v) is 6.19. The molecule has 1 amide bonds. The van der Waals surface area contributed by atoms with Crippen molar-refractivity contribution in [2.24, 2.45) is 5.41 Å². The van der Waals surface area contributed by atoms with Gasteiger partial charge in [-0.1, -0.05) is 62.2 Å². The normalized spacial score (nSPS) is 21.4. The van der Waals surface area contributed by atoms with Gasteiger partial charge in [0.15, 0.2) is 5.75 Å². The average Bonchev–Trinajstić information content (AvgIpc) is 3.27. The number of ether oxygens (including phenoxy) is 2. The predicted octanol–water partition coefficient (Wildman–Crippen LogP) is 7.92. The van der Waals surface area contributed by atoms with E-state index in [4.69, 9.17) is 23.2 Å². The maximum absolute atomic E-state index is 15.8. The predicted molar refractivity (Wildman–Crippen MR) is 161 cm³/mol. The van der Waals surface area contributed by atoms with Gasteiger partial charge in [0, 0.05) is 22.5 Å². The third-order valence-corrected chi connectivity index (χ3v) is 8.14. The van der Waals surface area contributed by atoms with E-state index in [0.29, 0.717) is 0 Å². The van der Waals surface area contributed by atoms with Crippen LogP contribution in [-0.4, -0.2) is 37.4 Å². The molecule has 244 valence electrons. The van der Waals surface area contributed by atoms with Gasteiger partial charge in [0.25, 0.3) is 0 Å². The maximum Gasteiger partial charge on any atom is 0.573 e. The van der Waals surface area contributed by atoms with Crippen LogP contribution in [0.25, 0.3) is 0 Å². The van der Waals surface area contributed by atoms with Crippen LogP contribution >= 0.6 is 23.2 Å². The zero-order chi connectivity index (χ0) is 34.2. The van der Waals surface area contributed by atoms with E-state index in [1.165, 1.54) is 30.3 Å². The van der Waals surface area contributed by atoms with Crippen LogP contribution in [0.5, 0.6) is 5.75 Å². The molecule has 4 atom stereocenters. The van der Waals surface area contributed by atoms with E-state index in [1.54, 1.807) is 0 Å². The molecule has 0 aliphatic carbocycles. The van der Waals surface area contributed by atoms with Crippen LogP contribution in [0.3, 0.4) is 0 Å². The molecule has 1 saturated heterocycles. The lowest BCUT2D eigenvalue weighted by Gasteiger charge is -2.37. The number of alkyl halides is 3. The Kier molecular flexibility index (Phi) is 9.92. The van der Waals surface area contributed by atoms with Gasteiger partial charge in [-0.2, -0.15) is 5.26 Å². The van der Waals surface area contributed by atoms with Gasteiger partial charge in [-0.05, 0) is 53.8 Å². The topological polar surface area (TPSA) is 100 Å². The van der Waals surface area contributed by atoms with E-state index in [-0.39, 0.29) is 33.2 Å². The standard InChI is InChI=1S/C32H28Cl2F5N3O4/c1-30(2,3)14-24-31(15-40,19-10-9-17(33)13-21(19)35)25(18-6-5-7-20(34)26(18)36)27(42-24)28(43)41-22-11-8-16(29(44)45-4)12-23(22)46-32(37,38)39/h5-13,24-25,27,42H,14H2,1-4H3,(H,41,43)/t24-,25-,27+,31-/m0/s1. The van der Waals surface area contributed by atoms with Crippen LogP contribution in [0.2, 0.25) is 10.0 Å². The number of anilines is 1. The second kappa shape index (κ2) is 13.1. The van der Waals surface area contributed by atoms with Crippen molar-refractivity contribution in [1.82, 2.24) is 5.32 Å². The first-order valence-corrected chi connectivity index (χ1v) is 14.5. The number of hydrogen-bond donors (Lipinski definition) is 2. The molecule has 0 aromatic heterocycles. The lowest BCUT2D eigenvalue weighted by molar-refractivity contribution is -0.274. The first-order chi connectivity index (χ1) is 21.4. The summed E-state index contributed by atoms with van der Waals surface area (Å²) in [5, 5.41) is 16.0.